The minimum atomic E-state index is -0.352. The van der Waals surface area contributed by atoms with E-state index in [0.29, 0.717) is 16.8 Å². The smallest absolute Gasteiger partial charge is 0.138 e. The Morgan fingerprint density at radius 3 is 2.72 bits per heavy atom. The number of ether oxygens (including phenoxy) is 1. The minimum Gasteiger partial charge on any atom is -0.488 e. The van der Waals surface area contributed by atoms with Gasteiger partial charge in [0.25, 0.3) is 0 Å². The van der Waals surface area contributed by atoms with Gasteiger partial charge in [-0.25, -0.2) is 4.39 Å². The first-order valence-electron chi connectivity index (χ1n) is 6.38. The zero-order chi connectivity index (χ0) is 13.5. The molecule has 0 amide bonds. The molecule has 0 fully saturated rings. The average molecular weight is 274 g/mol. The van der Waals surface area contributed by atoms with Crippen LogP contribution in [0.4, 0.5) is 4.39 Å². The normalized spacial score (nSPS) is 14.3. The molecule has 0 saturated carbocycles. The average Bonchev–Trinajstić information content (AvgIpc) is 2.31. The Hall–Kier alpha value is -0.800. The van der Waals surface area contributed by atoms with Gasteiger partial charge in [0.05, 0.1) is 5.02 Å². The summed E-state index contributed by atoms with van der Waals surface area (Å²) in [5.41, 5.74) is 0. The maximum absolute atomic E-state index is 12.9. The second kappa shape index (κ2) is 7.59. The van der Waals surface area contributed by atoms with Crippen LogP contribution >= 0.6 is 11.6 Å². The monoisotopic (exact) mass is 273 g/mol. The van der Waals surface area contributed by atoms with Crippen molar-refractivity contribution in [3.8, 4) is 5.75 Å². The molecule has 102 valence electrons. The van der Waals surface area contributed by atoms with Gasteiger partial charge in [-0.05, 0) is 38.5 Å². The molecule has 0 aliphatic carbocycles. The van der Waals surface area contributed by atoms with E-state index >= 15 is 0 Å². The van der Waals surface area contributed by atoms with Crippen molar-refractivity contribution in [1.82, 2.24) is 5.32 Å². The van der Waals surface area contributed by atoms with Gasteiger partial charge < -0.3 is 10.1 Å². The standard InChI is InChI=1S/C14H21ClFNO/c1-4-5-10(2)17-9-11(3)18-14-7-6-12(16)8-13(14)15/h6-8,10-11,17H,4-5,9H2,1-3H3. The lowest BCUT2D eigenvalue weighted by Crippen LogP contribution is -2.35. The van der Waals surface area contributed by atoms with Gasteiger partial charge in [0.1, 0.15) is 17.7 Å². The topological polar surface area (TPSA) is 21.3 Å². The van der Waals surface area contributed by atoms with Crippen LogP contribution in [0.25, 0.3) is 0 Å². The van der Waals surface area contributed by atoms with Crippen molar-refractivity contribution in [2.75, 3.05) is 6.54 Å². The summed E-state index contributed by atoms with van der Waals surface area (Å²) in [6.07, 6.45) is 2.30. The molecule has 0 bridgehead atoms. The zero-order valence-corrected chi connectivity index (χ0v) is 11.9. The number of hydrogen-bond donors (Lipinski definition) is 1. The lowest BCUT2D eigenvalue weighted by atomic mass is 10.2. The van der Waals surface area contributed by atoms with Crippen LogP contribution in [0.2, 0.25) is 5.02 Å². The minimum absolute atomic E-state index is 0.00716. The van der Waals surface area contributed by atoms with E-state index in [1.807, 2.05) is 6.92 Å². The molecule has 2 unspecified atom stereocenters. The number of halogens is 2. The van der Waals surface area contributed by atoms with Gasteiger partial charge in [-0.3, -0.25) is 0 Å². The molecule has 1 aromatic rings. The Labute approximate surface area is 113 Å². The second-order valence-electron chi connectivity index (χ2n) is 4.60. The molecule has 0 aliphatic rings. The van der Waals surface area contributed by atoms with E-state index in [-0.39, 0.29) is 11.9 Å². The molecule has 1 rings (SSSR count). The molecule has 0 saturated heterocycles. The van der Waals surface area contributed by atoms with Crippen molar-refractivity contribution in [2.24, 2.45) is 0 Å². The number of benzene rings is 1. The maximum Gasteiger partial charge on any atom is 0.138 e. The van der Waals surface area contributed by atoms with E-state index in [1.54, 1.807) is 6.07 Å². The molecule has 0 radical (unpaired) electrons. The summed E-state index contributed by atoms with van der Waals surface area (Å²) in [5, 5.41) is 3.70. The molecule has 2 atom stereocenters. The fourth-order valence-corrected chi connectivity index (χ4v) is 1.94. The molecule has 0 aromatic heterocycles. The first kappa shape index (κ1) is 15.3. The van der Waals surface area contributed by atoms with Crippen LogP contribution in [-0.4, -0.2) is 18.7 Å². The van der Waals surface area contributed by atoms with Gasteiger partial charge in [0.15, 0.2) is 0 Å². The molecular weight excluding hydrogens is 253 g/mol. The Morgan fingerprint density at radius 1 is 1.39 bits per heavy atom. The van der Waals surface area contributed by atoms with Crippen LogP contribution in [0.5, 0.6) is 5.75 Å². The molecule has 18 heavy (non-hydrogen) atoms. The summed E-state index contributed by atoms with van der Waals surface area (Å²) in [6, 6.07) is 4.64. The molecule has 1 aromatic carbocycles. The third-order valence-electron chi connectivity index (χ3n) is 2.70. The summed E-state index contributed by atoms with van der Waals surface area (Å²) in [5.74, 6) is 0.171. The van der Waals surface area contributed by atoms with Gasteiger partial charge in [-0.1, -0.05) is 24.9 Å². The number of rotatable bonds is 7. The van der Waals surface area contributed by atoms with Crippen LogP contribution in [0.1, 0.15) is 33.6 Å². The fraction of sp³-hybridized carbons (Fsp3) is 0.571. The van der Waals surface area contributed by atoms with Crippen LogP contribution in [0, 0.1) is 5.82 Å². The third-order valence-corrected chi connectivity index (χ3v) is 2.99. The summed E-state index contributed by atoms with van der Waals surface area (Å²) < 4.78 is 18.5. The summed E-state index contributed by atoms with van der Waals surface area (Å²) >= 11 is 5.90. The lowest BCUT2D eigenvalue weighted by Gasteiger charge is -2.19. The maximum atomic E-state index is 12.9. The zero-order valence-electron chi connectivity index (χ0n) is 11.2. The highest BCUT2D eigenvalue weighted by Crippen LogP contribution is 2.25. The van der Waals surface area contributed by atoms with Crippen molar-refractivity contribution in [2.45, 2.75) is 45.8 Å². The first-order valence-corrected chi connectivity index (χ1v) is 6.75. The Kier molecular flexibility index (Phi) is 6.44. The summed E-state index contributed by atoms with van der Waals surface area (Å²) in [6.45, 7) is 7.03. The molecule has 4 heteroatoms. The van der Waals surface area contributed by atoms with Gasteiger partial charge in [-0.2, -0.15) is 0 Å². The fourth-order valence-electron chi connectivity index (χ4n) is 1.73. The summed E-state index contributed by atoms with van der Waals surface area (Å²) in [4.78, 5) is 0. The van der Waals surface area contributed by atoms with Crippen molar-refractivity contribution in [1.29, 1.82) is 0 Å². The van der Waals surface area contributed by atoms with Crippen molar-refractivity contribution >= 4 is 11.6 Å². The quantitative estimate of drug-likeness (QED) is 0.810. The number of nitrogens with one attached hydrogen (secondary N) is 1. The van der Waals surface area contributed by atoms with Crippen LogP contribution in [-0.2, 0) is 0 Å². The highest BCUT2D eigenvalue weighted by molar-refractivity contribution is 6.32. The predicted octanol–water partition coefficient (Wildman–Crippen LogP) is 4.02. The molecular formula is C14H21ClFNO. The van der Waals surface area contributed by atoms with Gasteiger partial charge in [0, 0.05) is 12.6 Å². The van der Waals surface area contributed by atoms with E-state index in [2.05, 4.69) is 19.2 Å². The van der Waals surface area contributed by atoms with E-state index in [9.17, 15) is 4.39 Å². The molecule has 0 aliphatic heterocycles. The second-order valence-corrected chi connectivity index (χ2v) is 5.01. The van der Waals surface area contributed by atoms with Crippen molar-refractivity contribution in [3.05, 3.63) is 29.0 Å². The van der Waals surface area contributed by atoms with Gasteiger partial charge in [0.2, 0.25) is 0 Å². The Morgan fingerprint density at radius 2 is 2.11 bits per heavy atom. The van der Waals surface area contributed by atoms with Crippen molar-refractivity contribution < 1.29 is 9.13 Å². The Bertz CT molecular complexity index is 373. The Balaban J connectivity index is 2.42. The molecule has 2 nitrogen and oxygen atoms in total. The molecule has 0 heterocycles. The van der Waals surface area contributed by atoms with Gasteiger partial charge >= 0.3 is 0 Å². The van der Waals surface area contributed by atoms with Crippen LogP contribution in [0.3, 0.4) is 0 Å². The lowest BCUT2D eigenvalue weighted by molar-refractivity contribution is 0.211. The van der Waals surface area contributed by atoms with E-state index in [4.69, 9.17) is 16.3 Å². The first-order chi connectivity index (χ1) is 8.52. The van der Waals surface area contributed by atoms with Gasteiger partial charge in [-0.15, -0.1) is 0 Å². The molecule has 0 spiro atoms. The number of hydrogen-bond acceptors (Lipinski definition) is 2. The van der Waals surface area contributed by atoms with E-state index < -0.39 is 0 Å². The van der Waals surface area contributed by atoms with Crippen LogP contribution < -0.4 is 10.1 Å². The molecule has 1 N–H and O–H groups in total. The largest absolute Gasteiger partial charge is 0.488 e. The summed E-state index contributed by atoms with van der Waals surface area (Å²) in [7, 11) is 0. The van der Waals surface area contributed by atoms with Crippen LogP contribution in [0.15, 0.2) is 18.2 Å². The van der Waals surface area contributed by atoms with Crippen molar-refractivity contribution in [3.63, 3.8) is 0 Å². The highest BCUT2D eigenvalue weighted by Gasteiger charge is 2.09. The third kappa shape index (κ3) is 5.23. The van der Waals surface area contributed by atoms with E-state index in [0.717, 1.165) is 19.4 Å². The SMILES string of the molecule is CCCC(C)NCC(C)Oc1ccc(F)cc1Cl. The predicted molar refractivity (Wildman–Crippen MR) is 73.9 cm³/mol. The van der Waals surface area contributed by atoms with E-state index in [1.165, 1.54) is 12.1 Å². The highest BCUT2D eigenvalue weighted by atomic mass is 35.5.